The molecule has 0 aliphatic carbocycles. The Hall–Kier alpha value is -0.890. The van der Waals surface area contributed by atoms with Crippen LogP contribution in [0, 0.1) is 5.92 Å². The van der Waals surface area contributed by atoms with Crippen LogP contribution in [0.25, 0.3) is 0 Å². The van der Waals surface area contributed by atoms with Gasteiger partial charge in [-0.3, -0.25) is 4.79 Å². The Morgan fingerprint density at radius 1 is 0.569 bits per heavy atom. The number of rotatable bonds is 40. The number of ether oxygens (including phenoxy) is 2. The summed E-state index contributed by atoms with van der Waals surface area (Å²) in [5.41, 5.74) is 0. The predicted octanol–water partition coefficient (Wildman–Crippen LogP) is 8.14. The Morgan fingerprint density at radius 2 is 0.966 bits per heavy atom. The zero-order valence-corrected chi connectivity index (χ0v) is 37.5. The molecule has 0 saturated carbocycles. The summed E-state index contributed by atoms with van der Waals surface area (Å²) < 4.78 is 11.1. The topological polar surface area (TPSA) is 189 Å². The molecule has 1 amide bonds. The van der Waals surface area contributed by atoms with Gasteiger partial charge >= 0.3 is 0 Å². The van der Waals surface area contributed by atoms with E-state index in [1.807, 2.05) is 0 Å². The second kappa shape index (κ2) is 36.7. The van der Waals surface area contributed by atoms with Gasteiger partial charge in [0.2, 0.25) is 5.91 Å². The minimum atomic E-state index is -1.66. The van der Waals surface area contributed by atoms with Crippen LogP contribution >= 0.6 is 0 Å². The van der Waals surface area contributed by atoms with E-state index in [1.54, 1.807) is 0 Å². The highest BCUT2D eigenvalue weighted by atomic mass is 16.7. The Kier molecular flexibility index (Phi) is 34.9. The Balaban J connectivity index is 2.37. The van der Waals surface area contributed by atoms with Crippen molar-refractivity contribution in [1.29, 1.82) is 0 Å². The van der Waals surface area contributed by atoms with E-state index >= 15 is 0 Å². The summed E-state index contributed by atoms with van der Waals surface area (Å²) in [5.74, 6) is 0.0528. The van der Waals surface area contributed by atoms with Crippen molar-refractivity contribution in [3.8, 4) is 0 Å². The molecule has 8 N–H and O–H groups in total. The highest BCUT2D eigenvalue weighted by molar-refractivity contribution is 5.80. The first-order chi connectivity index (χ1) is 28.0. The Bertz CT molecular complexity index is 926. The van der Waals surface area contributed by atoms with Crippen molar-refractivity contribution < 1.29 is 50.0 Å². The van der Waals surface area contributed by atoms with E-state index in [9.17, 15) is 40.5 Å². The van der Waals surface area contributed by atoms with Gasteiger partial charge in [-0.25, -0.2) is 0 Å². The van der Waals surface area contributed by atoms with E-state index in [2.05, 4.69) is 26.1 Å². The van der Waals surface area contributed by atoms with Crippen LogP contribution < -0.4 is 5.32 Å². The van der Waals surface area contributed by atoms with Crippen molar-refractivity contribution in [2.75, 3.05) is 13.2 Å². The fourth-order valence-electron chi connectivity index (χ4n) is 8.04. The Labute approximate surface area is 354 Å². The summed E-state index contributed by atoms with van der Waals surface area (Å²) in [6.45, 7) is 5.72. The van der Waals surface area contributed by atoms with Crippen molar-refractivity contribution in [2.45, 2.75) is 275 Å². The van der Waals surface area contributed by atoms with Gasteiger partial charge in [0.15, 0.2) is 6.29 Å². The maximum absolute atomic E-state index is 13.1. The monoisotopic (exact) mass is 832 g/mol. The fourth-order valence-corrected chi connectivity index (χ4v) is 8.04. The molecule has 0 aromatic carbocycles. The SMILES string of the molecule is CCCCCCCCCCCCCCCCCCCCCC[C@@H](O)C(=O)N[C@@H](CO[C@@H]1O[C@H](CO)[C@H](O)[C@H](O)[C@@H]1O)[C@H](O)[C@H](O)CCCCCCCCCCC(C)C. The lowest BCUT2D eigenvalue weighted by Crippen LogP contribution is -2.60. The highest BCUT2D eigenvalue weighted by Gasteiger charge is 2.44. The normalized spacial score (nSPS) is 21.9. The summed E-state index contributed by atoms with van der Waals surface area (Å²) in [4.78, 5) is 13.1. The lowest BCUT2D eigenvalue weighted by molar-refractivity contribution is -0.303. The molecule has 1 saturated heterocycles. The molecular weight excluding hydrogens is 739 g/mol. The summed E-state index contributed by atoms with van der Waals surface area (Å²) in [5, 5.41) is 75.6. The summed E-state index contributed by atoms with van der Waals surface area (Å²) >= 11 is 0. The first-order valence-corrected chi connectivity index (χ1v) is 24.3. The first kappa shape index (κ1) is 55.1. The number of hydrogen-bond donors (Lipinski definition) is 8. The molecule has 58 heavy (non-hydrogen) atoms. The van der Waals surface area contributed by atoms with E-state index in [0.717, 1.165) is 44.4 Å². The van der Waals surface area contributed by atoms with Crippen molar-refractivity contribution in [3.05, 3.63) is 0 Å². The van der Waals surface area contributed by atoms with Crippen molar-refractivity contribution in [1.82, 2.24) is 5.32 Å². The van der Waals surface area contributed by atoms with E-state index in [-0.39, 0.29) is 6.42 Å². The molecule has 1 rings (SSSR count). The molecule has 1 aliphatic heterocycles. The first-order valence-electron chi connectivity index (χ1n) is 24.3. The lowest BCUT2D eigenvalue weighted by Gasteiger charge is -2.40. The van der Waals surface area contributed by atoms with E-state index in [4.69, 9.17) is 9.47 Å². The van der Waals surface area contributed by atoms with Crippen molar-refractivity contribution in [3.63, 3.8) is 0 Å². The number of aliphatic hydroxyl groups is 7. The van der Waals surface area contributed by atoms with Crippen molar-refractivity contribution in [2.24, 2.45) is 5.92 Å². The number of carbonyl (C=O) groups excluding carboxylic acids is 1. The number of amides is 1. The molecule has 1 aliphatic rings. The van der Waals surface area contributed by atoms with Crippen molar-refractivity contribution >= 4 is 5.91 Å². The Morgan fingerprint density at radius 3 is 1.38 bits per heavy atom. The average Bonchev–Trinajstić information content (AvgIpc) is 3.21. The number of nitrogens with one attached hydrogen (secondary N) is 1. The predicted molar refractivity (Wildman–Crippen MR) is 233 cm³/mol. The maximum Gasteiger partial charge on any atom is 0.249 e. The summed E-state index contributed by atoms with van der Waals surface area (Å²) in [7, 11) is 0. The molecule has 1 fully saturated rings. The quantitative estimate of drug-likeness (QED) is 0.0280. The third kappa shape index (κ3) is 27.1. The van der Waals surface area contributed by atoms with Crippen LogP contribution in [0.2, 0.25) is 0 Å². The van der Waals surface area contributed by atoms with Gasteiger partial charge in [0.1, 0.15) is 36.6 Å². The van der Waals surface area contributed by atoms with Gasteiger partial charge < -0.3 is 50.5 Å². The molecule has 11 nitrogen and oxygen atoms in total. The molecule has 0 unspecified atom stereocenters. The fraction of sp³-hybridized carbons (Fsp3) is 0.979. The molecule has 0 aromatic rings. The van der Waals surface area contributed by atoms with Crippen LogP contribution in [0.3, 0.4) is 0 Å². The molecule has 11 heteroatoms. The molecule has 0 aromatic heterocycles. The maximum atomic E-state index is 13.1. The zero-order valence-electron chi connectivity index (χ0n) is 37.5. The number of unbranched alkanes of at least 4 members (excludes halogenated alkanes) is 26. The number of hydrogen-bond acceptors (Lipinski definition) is 10. The molecular formula is C47H93NO10. The van der Waals surface area contributed by atoms with Gasteiger partial charge in [-0.1, -0.05) is 207 Å². The minimum Gasteiger partial charge on any atom is -0.394 e. The van der Waals surface area contributed by atoms with E-state index in [1.165, 1.54) is 135 Å². The van der Waals surface area contributed by atoms with Crippen LogP contribution in [0.4, 0.5) is 0 Å². The largest absolute Gasteiger partial charge is 0.394 e. The smallest absolute Gasteiger partial charge is 0.249 e. The average molecular weight is 832 g/mol. The van der Waals surface area contributed by atoms with Gasteiger partial charge in [-0.15, -0.1) is 0 Å². The van der Waals surface area contributed by atoms with E-state index in [0.29, 0.717) is 19.3 Å². The molecule has 0 bridgehead atoms. The minimum absolute atomic E-state index is 0.265. The van der Waals surface area contributed by atoms with Crippen LogP contribution in [0.15, 0.2) is 0 Å². The second-order valence-electron chi connectivity index (χ2n) is 18.0. The lowest BCUT2D eigenvalue weighted by atomic mass is 9.98. The molecule has 0 radical (unpaired) electrons. The highest BCUT2D eigenvalue weighted by Crippen LogP contribution is 2.23. The molecule has 1 heterocycles. The molecule has 0 spiro atoms. The summed E-state index contributed by atoms with van der Waals surface area (Å²) in [6, 6.07) is -1.16. The molecule has 9 atom stereocenters. The van der Waals surface area contributed by atoms with Gasteiger partial charge in [-0.05, 0) is 18.8 Å². The second-order valence-corrected chi connectivity index (χ2v) is 18.0. The third-order valence-corrected chi connectivity index (χ3v) is 12.1. The molecule has 346 valence electrons. The van der Waals surface area contributed by atoms with E-state index < -0.39 is 74.2 Å². The standard InChI is InChI=1S/C47H93NO10/c1-4-5-6-7-8-9-10-11-12-13-14-15-16-17-18-19-20-25-28-31-34-40(51)46(56)48-38(36-57-47-45(55)44(54)43(53)41(35-49)58-47)42(52)39(50)33-30-27-24-22-21-23-26-29-32-37(2)3/h37-45,47,49-55H,4-36H2,1-3H3,(H,48,56)/t38-,39+,40+,41+,42-,43-,44-,45-,47+/m0/s1. The summed E-state index contributed by atoms with van der Waals surface area (Å²) in [6.07, 6.45) is 24.6. The van der Waals surface area contributed by atoms with Crippen LogP contribution in [-0.4, -0.2) is 110 Å². The van der Waals surface area contributed by atoms with Crippen LogP contribution in [-0.2, 0) is 14.3 Å². The van der Waals surface area contributed by atoms with Gasteiger partial charge in [0, 0.05) is 0 Å². The van der Waals surface area contributed by atoms with Crippen LogP contribution in [0.1, 0.15) is 220 Å². The van der Waals surface area contributed by atoms with Gasteiger partial charge in [0.25, 0.3) is 0 Å². The number of aliphatic hydroxyl groups excluding tert-OH is 7. The zero-order chi connectivity index (χ0) is 42.8. The number of carbonyl (C=O) groups is 1. The van der Waals surface area contributed by atoms with Gasteiger partial charge in [0.05, 0.1) is 25.4 Å². The van der Waals surface area contributed by atoms with Crippen LogP contribution in [0.5, 0.6) is 0 Å². The van der Waals surface area contributed by atoms with Gasteiger partial charge in [-0.2, -0.15) is 0 Å². The third-order valence-electron chi connectivity index (χ3n) is 12.1.